The maximum Gasteiger partial charge on any atom is 0.416 e. The summed E-state index contributed by atoms with van der Waals surface area (Å²) in [5, 5.41) is 11.3. The Morgan fingerprint density at radius 3 is 2.32 bits per heavy atom. The zero-order chi connectivity index (χ0) is 19.9. The lowest BCUT2D eigenvalue weighted by molar-refractivity contribution is -0.384. The Labute approximate surface area is 156 Å². The predicted octanol–water partition coefficient (Wildman–Crippen LogP) is 6.09. The fourth-order valence-corrected chi connectivity index (χ4v) is 2.91. The topological polar surface area (TPSA) is 69.2 Å². The van der Waals surface area contributed by atoms with Crippen molar-refractivity contribution in [1.29, 1.82) is 0 Å². The van der Waals surface area contributed by atoms with Gasteiger partial charge in [-0.25, -0.2) is 4.98 Å². The van der Waals surface area contributed by atoms with Crippen LogP contribution in [0.4, 0.5) is 18.9 Å². The van der Waals surface area contributed by atoms with E-state index in [2.05, 4.69) is 4.98 Å². The summed E-state index contributed by atoms with van der Waals surface area (Å²) in [5.74, 6) is 0.226. The van der Waals surface area contributed by atoms with Gasteiger partial charge in [-0.05, 0) is 29.8 Å². The molecule has 0 spiro atoms. The average Bonchev–Trinajstić information content (AvgIpc) is 3.11. The van der Waals surface area contributed by atoms with E-state index in [1.807, 2.05) is 6.07 Å². The highest BCUT2D eigenvalue weighted by atomic mass is 19.4. The van der Waals surface area contributed by atoms with E-state index in [-0.39, 0.29) is 33.8 Å². The predicted molar refractivity (Wildman–Crippen MR) is 96.5 cm³/mol. The van der Waals surface area contributed by atoms with E-state index >= 15 is 0 Å². The number of hydrogen-bond donors (Lipinski definition) is 0. The van der Waals surface area contributed by atoms with Crippen LogP contribution in [0.5, 0.6) is 0 Å². The number of fused-ring (bicyclic) bond motifs is 1. The Morgan fingerprint density at radius 1 is 0.929 bits per heavy atom. The van der Waals surface area contributed by atoms with Gasteiger partial charge in [-0.15, -0.1) is 0 Å². The van der Waals surface area contributed by atoms with Gasteiger partial charge in [0.1, 0.15) is 5.52 Å². The number of nitrogens with zero attached hydrogens (tertiary/aromatic N) is 2. The van der Waals surface area contributed by atoms with E-state index in [9.17, 15) is 23.3 Å². The Kier molecular flexibility index (Phi) is 4.11. The van der Waals surface area contributed by atoms with Crippen molar-refractivity contribution in [2.24, 2.45) is 0 Å². The maximum absolute atomic E-state index is 13.1. The molecule has 0 radical (unpaired) electrons. The Balaban J connectivity index is 1.97. The number of non-ortho nitro benzene ring substituents is 1. The SMILES string of the molecule is O=[N+]([O-])c1cc(-c2cccc(C(F)(F)F)c2)c2oc(-c3ccccc3)nc2c1. The first-order valence-corrected chi connectivity index (χ1v) is 8.15. The van der Waals surface area contributed by atoms with Crippen LogP contribution in [0.3, 0.4) is 0 Å². The third-order valence-electron chi connectivity index (χ3n) is 4.21. The molecule has 28 heavy (non-hydrogen) atoms. The fraction of sp³-hybridized carbons (Fsp3) is 0.0500. The van der Waals surface area contributed by atoms with E-state index in [1.165, 1.54) is 24.3 Å². The zero-order valence-corrected chi connectivity index (χ0v) is 14.1. The third-order valence-corrected chi connectivity index (χ3v) is 4.21. The molecule has 0 aliphatic rings. The number of aromatic nitrogens is 1. The lowest BCUT2D eigenvalue weighted by Crippen LogP contribution is -2.04. The van der Waals surface area contributed by atoms with E-state index < -0.39 is 16.7 Å². The summed E-state index contributed by atoms with van der Waals surface area (Å²) in [5.41, 5.74) is 0.213. The molecule has 0 atom stereocenters. The van der Waals surface area contributed by atoms with Crippen molar-refractivity contribution in [2.75, 3.05) is 0 Å². The summed E-state index contributed by atoms with van der Waals surface area (Å²) in [4.78, 5) is 15.0. The number of nitro groups is 1. The van der Waals surface area contributed by atoms with Gasteiger partial charge in [0.2, 0.25) is 5.89 Å². The Hall–Kier alpha value is -3.68. The number of oxazole rings is 1. The molecule has 0 amide bonds. The van der Waals surface area contributed by atoms with Crippen molar-refractivity contribution in [2.45, 2.75) is 6.18 Å². The summed E-state index contributed by atoms with van der Waals surface area (Å²) in [6, 6.07) is 15.9. The number of hydrogen-bond acceptors (Lipinski definition) is 4. The Bertz CT molecular complexity index is 1180. The summed E-state index contributed by atoms with van der Waals surface area (Å²) in [6.45, 7) is 0. The van der Waals surface area contributed by atoms with Gasteiger partial charge in [0.15, 0.2) is 5.58 Å². The minimum Gasteiger partial charge on any atom is -0.435 e. The molecule has 1 heterocycles. The summed E-state index contributed by atoms with van der Waals surface area (Å²) < 4.78 is 45.0. The number of nitro benzene ring substituents is 1. The van der Waals surface area contributed by atoms with Gasteiger partial charge in [0.05, 0.1) is 10.5 Å². The molecule has 140 valence electrons. The van der Waals surface area contributed by atoms with E-state index in [0.29, 0.717) is 5.56 Å². The van der Waals surface area contributed by atoms with Crippen molar-refractivity contribution in [3.8, 4) is 22.6 Å². The Morgan fingerprint density at radius 2 is 1.64 bits per heavy atom. The monoisotopic (exact) mass is 384 g/mol. The van der Waals surface area contributed by atoms with Crippen molar-refractivity contribution in [1.82, 2.24) is 4.98 Å². The second-order valence-corrected chi connectivity index (χ2v) is 6.06. The number of benzene rings is 3. The number of halogens is 3. The lowest BCUT2D eigenvalue weighted by Gasteiger charge is -2.09. The van der Waals surface area contributed by atoms with Gasteiger partial charge in [-0.2, -0.15) is 13.2 Å². The molecule has 4 aromatic rings. The molecule has 1 aromatic heterocycles. The molecular weight excluding hydrogens is 373 g/mol. The van der Waals surface area contributed by atoms with Crippen LogP contribution >= 0.6 is 0 Å². The molecule has 0 aliphatic carbocycles. The largest absolute Gasteiger partial charge is 0.435 e. The first kappa shape index (κ1) is 17.7. The molecule has 4 rings (SSSR count). The fourth-order valence-electron chi connectivity index (χ4n) is 2.91. The van der Waals surface area contributed by atoms with Crippen LogP contribution < -0.4 is 0 Å². The normalized spacial score (nSPS) is 11.7. The van der Waals surface area contributed by atoms with Crippen molar-refractivity contribution in [3.05, 3.63) is 82.4 Å². The first-order valence-electron chi connectivity index (χ1n) is 8.15. The highest BCUT2D eigenvalue weighted by Gasteiger charge is 2.31. The zero-order valence-electron chi connectivity index (χ0n) is 14.1. The number of rotatable bonds is 3. The number of alkyl halides is 3. The highest BCUT2D eigenvalue weighted by Crippen LogP contribution is 2.38. The molecule has 0 saturated carbocycles. The van der Waals surface area contributed by atoms with Crippen LogP contribution in [0.1, 0.15) is 5.56 Å². The van der Waals surface area contributed by atoms with E-state index in [1.54, 1.807) is 24.3 Å². The molecule has 0 aliphatic heterocycles. The van der Waals surface area contributed by atoms with Crippen molar-refractivity contribution in [3.63, 3.8) is 0 Å². The van der Waals surface area contributed by atoms with Gasteiger partial charge in [-0.3, -0.25) is 10.1 Å². The lowest BCUT2D eigenvalue weighted by atomic mass is 10.0. The molecule has 0 bridgehead atoms. The van der Waals surface area contributed by atoms with Crippen LogP contribution in [-0.4, -0.2) is 9.91 Å². The quantitative estimate of drug-likeness (QED) is 0.317. The van der Waals surface area contributed by atoms with Gasteiger partial charge in [-0.1, -0.05) is 30.3 Å². The van der Waals surface area contributed by atoms with Crippen molar-refractivity contribution < 1.29 is 22.5 Å². The molecule has 5 nitrogen and oxygen atoms in total. The summed E-state index contributed by atoms with van der Waals surface area (Å²) >= 11 is 0. The van der Waals surface area contributed by atoms with Crippen LogP contribution in [0.25, 0.3) is 33.7 Å². The second-order valence-electron chi connectivity index (χ2n) is 6.06. The van der Waals surface area contributed by atoms with Gasteiger partial charge in [0, 0.05) is 23.3 Å². The van der Waals surface area contributed by atoms with E-state index in [0.717, 1.165) is 12.1 Å². The second kappa shape index (κ2) is 6.49. The molecule has 8 heteroatoms. The van der Waals surface area contributed by atoms with Gasteiger partial charge >= 0.3 is 6.18 Å². The van der Waals surface area contributed by atoms with E-state index in [4.69, 9.17) is 4.42 Å². The van der Waals surface area contributed by atoms with Crippen LogP contribution in [-0.2, 0) is 6.18 Å². The van der Waals surface area contributed by atoms with Crippen LogP contribution in [0, 0.1) is 10.1 Å². The minimum absolute atomic E-state index is 0.152. The molecule has 0 N–H and O–H groups in total. The minimum atomic E-state index is -4.54. The maximum atomic E-state index is 13.1. The molecule has 0 saturated heterocycles. The average molecular weight is 384 g/mol. The molecular formula is C20H11F3N2O3. The summed E-state index contributed by atoms with van der Waals surface area (Å²) in [7, 11) is 0. The van der Waals surface area contributed by atoms with Crippen molar-refractivity contribution >= 4 is 16.8 Å². The summed E-state index contributed by atoms with van der Waals surface area (Å²) in [6.07, 6.45) is -4.54. The standard InChI is InChI=1S/C20H11F3N2O3/c21-20(22,23)14-8-4-7-13(9-14)16-10-15(25(26)27)11-17-18(16)28-19(24-17)12-5-2-1-3-6-12/h1-11H. The first-order chi connectivity index (χ1) is 13.3. The van der Waals surface area contributed by atoms with Crippen LogP contribution in [0.2, 0.25) is 0 Å². The smallest absolute Gasteiger partial charge is 0.416 e. The van der Waals surface area contributed by atoms with Crippen LogP contribution in [0.15, 0.2) is 71.1 Å². The molecule has 3 aromatic carbocycles. The highest BCUT2D eigenvalue weighted by molar-refractivity contribution is 5.93. The van der Waals surface area contributed by atoms with Gasteiger partial charge < -0.3 is 4.42 Å². The molecule has 0 fully saturated rings. The van der Waals surface area contributed by atoms with Gasteiger partial charge in [0.25, 0.3) is 5.69 Å². The third kappa shape index (κ3) is 3.20. The molecule has 0 unspecified atom stereocenters.